The molecule has 0 bridgehead atoms. The van der Waals surface area contributed by atoms with E-state index in [1.807, 2.05) is 48.5 Å². The lowest BCUT2D eigenvalue weighted by Crippen LogP contribution is -2.21. The Morgan fingerprint density at radius 2 is 1.70 bits per heavy atom. The molecule has 3 heteroatoms. The molecule has 0 aromatic heterocycles. The number of rotatable bonds is 6. The van der Waals surface area contributed by atoms with Crippen molar-refractivity contribution in [2.24, 2.45) is 0 Å². The maximum absolute atomic E-state index is 11.6. The molecule has 2 rings (SSSR count). The van der Waals surface area contributed by atoms with Crippen LogP contribution >= 0.6 is 0 Å². The van der Waals surface area contributed by atoms with Crippen LogP contribution in [0.5, 0.6) is 5.75 Å². The lowest BCUT2D eigenvalue weighted by molar-refractivity contribution is -0.156. The van der Waals surface area contributed by atoms with Crippen molar-refractivity contribution in [1.29, 1.82) is 0 Å². The van der Waals surface area contributed by atoms with Crippen molar-refractivity contribution in [3.05, 3.63) is 72.8 Å². The van der Waals surface area contributed by atoms with Crippen LogP contribution in [-0.4, -0.2) is 12.3 Å². The third kappa shape index (κ3) is 4.10. The van der Waals surface area contributed by atoms with E-state index in [-0.39, 0.29) is 0 Å². The van der Waals surface area contributed by atoms with E-state index >= 15 is 0 Å². The Morgan fingerprint density at radius 3 is 2.35 bits per heavy atom. The van der Waals surface area contributed by atoms with Gasteiger partial charge in [0.25, 0.3) is 0 Å². The number of ether oxygens (including phenoxy) is 2. The van der Waals surface area contributed by atoms with Gasteiger partial charge in [-0.2, -0.15) is 0 Å². The zero-order valence-corrected chi connectivity index (χ0v) is 13.4. The molecule has 3 nitrogen and oxygen atoms in total. The fraction of sp³-hybridized carbons (Fsp3) is 0.150. The van der Waals surface area contributed by atoms with Crippen molar-refractivity contribution in [2.75, 3.05) is 0 Å². The maximum atomic E-state index is 11.6. The average molecular weight is 308 g/mol. The van der Waals surface area contributed by atoms with Gasteiger partial charge in [0.05, 0.1) is 0 Å². The number of carbonyl (C=O) groups excluding carboxylic acids is 1. The van der Waals surface area contributed by atoms with Crippen LogP contribution in [0.4, 0.5) is 0 Å². The van der Waals surface area contributed by atoms with Gasteiger partial charge >= 0.3 is 5.97 Å². The smallest absolute Gasteiger partial charge is 0.336 e. The topological polar surface area (TPSA) is 35.5 Å². The highest BCUT2D eigenvalue weighted by molar-refractivity contribution is 5.87. The Kier molecular flexibility index (Phi) is 5.36. The quantitative estimate of drug-likeness (QED) is 0.435. The molecule has 2 aromatic carbocycles. The van der Waals surface area contributed by atoms with E-state index in [4.69, 9.17) is 9.47 Å². The van der Waals surface area contributed by atoms with Crippen molar-refractivity contribution in [1.82, 2.24) is 0 Å². The van der Waals surface area contributed by atoms with Crippen LogP contribution in [0, 0.1) is 0 Å². The van der Waals surface area contributed by atoms with E-state index < -0.39 is 12.3 Å². The summed E-state index contributed by atoms with van der Waals surface area (Å²) in [6.45, 7) is 10.7. The van der Waals surface area contributed by atoms with Crippen LogP contribution in [0.1, 0.15) is 19.4 Å². The maximum Gasteiger partial charge on any atom is 0.336 e. The Balaban J connectivity index is 2.29. The molecule has 0 heterocycles. The first-order valence-corrected chi connectivity index (χ1v) is 7.37. The molecule has 0 spiro atoms. The molecule has 0 saturated carbocycles. The van der Waals surface area contributed by atoms with Gasteiger partial charge < -0.3 is 9.47 Å². The molecule has 23 heavy (non-hydrogen) atoms. The van der Waals surface area contributed by atoms with Gasteiger partial charge in [-0.1, -0.05) is 61.7 Å². The minimum absolute atomic E-state index is 0.339. The van der Waals surface area contributed by atoms with E-state index in [0.717, 1.165) is 16.7 Å². The molecule has 118 valence electrons. The zero-order chi connectivity index (χ0) is 16.8. The minimum Gasteiger partial charge on any atom is -0.454 e. The van der Waals surface area contributed by atoms with E-state index in [2.05, 4.69) is 13.2 Å². The van der Waals surface area contributed by atoms with Gasteiger partial charge in [-0.25, -0.2) is 4.79 Å². The summed E-state index contributed by atoms with van der Waals surface area (Å²) in [6, 6.07) is 15.5. The molecule has 0 saturated heterocycles. The summed E-state index contributed by atoms with van der Waals surface area (Å²) in [5, 5.41) is 0. The number of carbonyl (C=O) groups is 1. The van der Waals surface area contributed by atoms with Gasteiger partial charge in [-0.05, 0) is 24.1 Å². The highest BCUT2D eigenvalue weighted by atomic mass is 16.7. The van der Waals surface area contributed by atoms with Crippen molar-refractivity contribution < 1.29 is 14.3 Å². The lowest BCUT2D eigenvalue weighted by Gasteiger charge is -2.18. The summed E-state index contributed by atoms with van der Waals surface area (Å²) < 4.78 is 11.0. The predicted molar refractivity (Wildman–Crippen MR) is 93.0 cm³/mol. The molecule has 0 aliphatic heterocycles. The number of hydrogen-bond donors (Lipinski definition) is 0. The largest absolute Gasteiger partial charge is 0.454 e. The van der Waals surface area contributed by atoms with Gasteiger partial charge in [-0.3, -0.25) is 0 Å². The normalized spacial score (nSPS) is 11.4. The Labute approximate surface area is 136 Å². The molecule has 1 unspecified atom stereocenters. The Bertz CT molecular complexity index is 731. The number of esters is 1. The van der Waals surface area contributed by atoms with E-state index in [1.165, 1.54) is 0 Å². The molecule has 0 N–H and O–H groups in total. The molecule has 1 atom stereocenters. The van der Waals surface area contributed by atoms with E-state index in [9.17, 15) is 4.79 Å². The van der Waals surface area contributed by atoms with Crippen LogP contribution < -0.4 is 4.74 Å². The molecule has 0 amide bonds. The Hall–Kier alpha value is -2.81. The first kappa shape index (κ1) is 16.6. The van der Waals surface area contributed by atoms with Crippen LogP contribution in [0.25, 0.3) is 17.2 Å². The predicted octanol–water partition coefficient (Wildman–Crippen LogP) is 4.84. The molecular formula is C20H20O3. The zero-order valence-electron chi connectivity index (χ0n) is 13.4. The molecule has 0 aliphatic rings. The molecule has 0 radical (unpaired) electrons. The highest BCUT2D eigenvalue weighted by Crippen LogP contribution is 2.33. The number of benzene rings is 2. The monoisotopic (exact) mass is 308 g/mol. The first-order chi connectivity index (χ1) is 11.0. The molecule has 0 aliphatic carbocycles. The van der Waals surface area contributed by atoms with Crippen molar-refractivity contribution in [3.63, 3.8) is 0 Å². The van der Waals surface area contributed by atoms with Gasteiger partial charge in [-0.15, -0.1) is 0 Å². The summed E-state index contributed by atoms with van der Waals surface area (Å²) in [5.74, 6) is 0.172. The molecule has 2 aromatic rings. The summed E-state index contributed by atoms with van der Waals surface area (Å²) in [6.07, 6.45) is 1.09. The fourth-order valence-electron chi connectivity index (χ4n) is 2.17. The second-order valence-electron chi connectivity index (χ2n) is 5.16. The van der Waals surface area contributed by atoms with Gasteiger partial charge in [0.15, 0.2) is 0 Å². The van der Waals surface area contributed by atoms with E-state index in [0.29, 0.717) is 11.3 Å². The third-order valence-corrected chi connectivity index (χ3v) is 3.27. The second kappa shape index (κ2) is 7.45. The molecule has 0 fully saturated rings. The van der Waals surface area contributed by atoms with Crippen molar-refractivity contribution >= 4 is 12.0 Å². The summed E-state index contributed by atoms with van der Waals surface area (Å²) in [4.78, 5) is 11.6. The minimum atomic E-state index is -0.712. The number of hydrogen-bond acceptors (Lipinski definition) is 3. The second-order valence-corrected chi connectivity index (χ2v) is 5.16. The average Bonchev–Trinajstić information content (AvgIpc) is 2.55. The SMILES string of the molecule is C=Cc1ccccc1-c1ccccc1OC(C)OC(=O)C(=C)C. The number of para-hydroxylation sites is 1. The lowest BCUT2D eigenvalue weighted by atomic mass is 9.99. The first-order valence-electron chi connectivity index (χ1n) is 7.37. The van der Waals surface area contributed by atoms with E-state index in [1.54, 1.807) is 19.9 Å². The van der Waals surface area contributed by atoms with Gasteiger partial charge in [0.1, 0.15) is 5.75 Å². The summed E-state index contributed by atoms with van der Waals surface area (Å²) >= 11 is 0. The van der Waals surface area contributed by atoms with Gasteiger partial charge in [0, 0.05) is 18.1 Å². The van der Waals surface area contributed by atoms with Gasteiger partial charge in [0.2, 0.25) is 6.29 Å². The van der Waals surface area contributed by atoms with Crippen LogP contribution in [0.3, 0.4) is 0 Å². The third-order valence-electron chi connectivity index (χ3n) is 3.27. The standard InChI is InChI=1S/C20H20O3/c1-5-16-10-6-7-11-17(16)18-12-8-9-13-19(18)22-15(4)23-20(21)14(2)3/h5-13,15H,1-2H2,3-4H3. The highest BCUT2D eigenvalue weighted by Gasteiger charge is 2.14. The summed E-state index contributed by atoms with van der Waals surface area (Å²) in [5.41, 5.74) is 3.28. The van der Waals surface area contributed by atoms with Crippen molar-refractivity contribution in [2.45, 2.75) is 20.1 Å². The van der Waals surface area contributed by atoms with Crippen LogP contribution in [-0.2, 0) is 9.53 Å². The van der Waals surface area contributed by atoms with Crippen molar-refractivity contribution in [3.8, 4) is 16.9 Å². The molecular weight excluding hydrogens is 288 g/mol. The Morgan fingerprint density at radius 1 is 1.09 bits per heavy atom. The summed E-state index contributed by atoms with van der Waals surface area (Å²) in [7, 11) is 0. The fourth-order valence-corrected chi connectivity index (χ4v) is 2.17. The van der Waals surface area contributed by atoms with Crippen LogP contribution in [0.15, 0.2) is 67.3 Å². The van der Waals surface area contributed by atoms with Crippen LogP contribution in [0.2, 0.25) is 0 Å².